The Hall–Kier alpha value is -1.34. The van der Waals surface area contributed by atoms with E-state index in [4.69, 9.17) is 9.84 Å². The van der Waals surface area contributed by atoms with Crippen LogP contribution in [0.4, 0.5) is 0 Å². The smallest absolute Gasteiger partial charge is 0.332 e. The molecule has 1 atom stereocenters. The van der Waals surface area contributed by atoms with Gasteiger partial charge < -0.3 is 14.8 Å². The second-order valence-electron chi connectivity index (χ2n) is 3.61. The highest BCUT2D eigenvalue weighted by atomic mass is 32.2. The fourth-order valence-corrected chi connectivity index (χ4v) is 2.27. The quantitative estimate of drug-likeness (QED) is 0.569. The third kappa shape index (κ3) is 4.89. The van der Waals surface area contributed by atoms with E-state index >= 15 is 0 Å². The van der Waals surface area contributed by atoms with Crippen molar-refractivity contribution in [2.24, 2.45) is 0 Å². The maximum Gasteiger partial charge on any atom is 0.332 e. The largest absolute Gasteiger partial charge is 0.479 e. The molecular weight excluding hydrogens is 256 g/mol. The molecule has 1 unspecified atom stereocenters. The van der Waals surface area contributed by atoms with E-state index in [2.05, 4.69) is 9.97 Å². The third-order valence-electron chi connectivity index (χ3n) is 2.11. The van der Waals surface area contributed by atoms with Crippen molar-refractivity contribution in [3.63, 3.8) is 0 Å². The second-order valence-corrected chi connectivity index (χ2v) is 4.69. The second kappa shape index (κ2) is 7.17. The Labute approximate surface area is 109 Å². The van der Waals surface area contributed by atoms with E-state index in [9.17, 15) is 9.59 Å². The molecule has 100 valence electrons. The average molecular weight is 272 g/mol. The number of nitrogens with zero attached hydrogens (tertiary/aromatic N) is 1. The number of aryl methyl sites for hydroxylation is 1. The summed E-state index contributed by atoms with van der Waals surface area (Å²) in [4.78, 5) is 28.8. The van der Waals surface area contributed by atoms with Gasteiger partial charge in [0.25, 0.3) is 5.56 Å². The fraction of sp³-hybridized carbons (Fsp3) is 0.545. The topological polar surface area (TPSA) is 92.3 Å². The predicted octanol–water partition coefficient (Wildman–Crippen LogP) is 1.05. The van der Waals surface area contributed by atoms with Crippen LogP contribution in [0.3, 0.4) is 0 Å². The first kappa shape index (κ1) is 14.7. The van der Waals surface area contributed by atoms with Gasteiger partial charge in [-0.25, -0.2) is 9.78 Å². The number of hydrogen-bond donors (Lipinski definition) is 2. The van der Waals surface area contributed by atoms with Crippen LogP contribution in [0.15, 0.2) is 16.0 Å². The Morgan fingerprint density at radius 3 is 2.94 bits per heavy atom. The van der Waals surface area contributed by atoms with Gasteiger partial charge in [0.1, 0.15) is 0 Å². The van der Waals surface area contributed by atoms with Crippen LogP contribution in [-0.2, 0) is 9.53 Å². The number of carbonyl (C=O) groups is 1. The number of H-pyrrole nitrogens is 1. The van der Waals surface area contributed by atoms with E-state index in [0.29, 0.717) is 29.6 Å². The number of aromatic amines is 1. The molecule has 0 spiro atoms. The maximum absolute atomic E-state index is 11.2. The summed E-state index contributed by atoms with van der Waals surface area (Å²) in [5.41, 5.74) is 0.436. The Bertz CT molecular complexity index is 461. The summed E-state index contributed by atoms with van der Waals surface area (Å²) in [7, 11) is 0. The van der Waals surface area contributed by atoms with Crippen molar-refractivity contribution in [1.82, 2.24) is 9.97 Å². The molecule has 0 aromatic carbocycles. The van der Waals surface area contributed by atoms with E-state index in [0.717, 1.165) is 0 Å². The Kier molecular flexibility index (Phi) is 5.87. The molecule has 18 heavy (non-hydrogen) atoms. The van der Waals surface area contributed by atoms with Crippen LogP contribution in [0, 0.1) is 6.92 Å². The minimum atomic E-state index is -0.969. The van der Waals surface area contributed by atoms with Crippen molar-refractivity contribution in [2.75, 3.05) is 12.4 Å². The highest BCUT2D eigenvalue weighted by molar-refractivity contribution is 7.99. The molecule has 0 amide bonds. The van der Waals surface area contributed by atoms with Crippen molar-refractivity contribution in [3.05, 3.63) is 22.1 Å². The SMILES string of the molecule is CCOC(CCSc1nc(C)cc(=O)[nH]1)C(=O)O. The molecule has 1 rings (SSSR count). The minimum Gasteiger partial charge on any atom is -0.479 e. The summed E-state index contributed by atoms with van der Waals surface area (Å²) in [6.07, 6.45) is -0.440. The van der Waals surface area contributed by atoms with E-state index in [1.165, 1.54) is 17.8 Å². The van der Waals surface area contributed by atoms with Crippen molar-refractivity contribution in [1.29, 1.82) is 0 Å². The minimum absolute atomic E-state index is 0.204. The molecule has 0 aliphatic carbocycles. The number of hydrogen-bond acceptors (Lipinski definition) is 5. The molecule has 0 aliphatic heterocycles. The molecule has 0 fully saturated rings. The first-order valence-corrected chi connectivity index (χ1v) is 6.56. The number of ether oxygens (including phenoxy) is 1. The molecule has 0 radical (unpaired) electrons. The van der Waals surface area contributed by atoms with Crippen molar-refractivity contribution >= 4 is 17.7 Å². The monoisotopic (exact) mass is 272 g/mol. The molecule has 0 saturated carbocycles. The molecule has 2 N–H and O–H groups in total. The molecular formula is C11H16N2O4S. The van der Waals surface area contributed by atoms with Crippen LogP contribution >= 0.6 is 11.8 Å². The molecule has 7 heteroatoms. The Morgan fingerprint density at radius 1 is 1.67 bits per heavy atom. The van der Waals surface area contributed by atoms with Gasteiger partial charge in [-0.15, -0.1) is 0 Å². The number of aliphatic carboxylic acids is 1. The molecule has 1 aromatic heterocycles. The van der Waals surface area contributed by atoms with Gasteiger partial charge in [-0.3, -0.25) is 4.79 Å². The lowest BCUT2D eigenvalue weighted by molar-refractivity contribution is -0.150. The Balaban J connectivity index is 2.49. The predicted molar refractivity (Wildman–Crippen MR) is 68.0 cm³/mol. The maximum atomic E-state index is 11.2. The molecule has 6 nitrogen and oxygen atoms in total. The molecule has 0 saturated heterocycles. The van der Waals surface area contributed by atoms with Crippen LogP contribution in [-0.4, -0.2) is 39.5 Å². The standard InChI is InChI=1S/C11H16N2O4S/c1-3-17-8(10(15)16)4-5-18-11-12-7(2)6-9(14)13-11/h6,8H,3-5H2,1-2H3,(H,15,16)(H,12,13,14). The van der Waals surface area contributed by atoms with E-state index in [-0.39, 0.29) is 5.56 Å². The van der Waals surface area contributed by atoms with Gasteiger partial charge in [0.05, 0.1) is 0 Å². The van der Waals surface area contributed by atoms with Crippen molar-refractivity contribution in [3.8, 4) is 0 Å². The number of nitrogens with one attached hydrogen (secondary N) is 1. The lowest BCUT2D eigenvalue weighted by Gasteiger charge is -2.11. The normalized spacial score (nSPS) is 12.3. The van der Waals surface area contributed by atoms with Gasteiger partial charge >= 0.3 is 5.97 Å². The van der Waals surface area contributed by atoms with E-state index < -0.39 is 12.1 Å². The van der Waals surface area contributed by atoms with Crippen molar-refractivity contribution < 1.29 is 14.6 Å². The average Bonchev–Trinajstić information content (AvgIpc) is 2.26. The number of carboxylic acids is 1. The fourth-order valence-electron chi connectivity index (χ4n) is 1.36. The summed E-state index contributed by atoms with van der Waals surface area (Å²) in [6, 6.07) is 1.41. The molecule has 1 heterocycles. The number of aromatic nitrogens is 2. The summed E-state index contributed by atoms with van der Waals surface area (Å²) in [6.45, 7) is 3.85. The Morgan fingerprint density at radius 2 is 2.39 bits per heavy atom. The zero-order valence-electron chi connectivity index (χ0n) is 10.3. The van der Waals surface area contributed by atoms with Crippen LogP contribution in [0.25, 0.3) is 0 Å². The third-order valence-corrected chi connectivity index (χ3v) is 3.02. The van der Waals surface area contributed by atoms with Gasteiger partial charge in [0.15, 0.2) is 11.3 Å². The van der Waals surface area contributed by atoms with Crippen LogP contribution < -0.4 is 5.56 Å². The van der Waals surface area contributed by atoms with Gasteiger partial charge in [0, 0.05) is 24.1 Å². The summed E-state index contributed by atoms with van der Waals surface area (Å²) < 4.78 is 5.08. The lowest BCUT2D eigenvalue weighted by atomic mass is 10.3. The van der Waals surface area contributed by atoms with Gasteiger partial charge in [-0.05, 0) is 20.3 Å². The van der Waals surface area contributed by atoms with Crippen molar-refractivity contribution in [2.45, 2.75) is 31.5 Å². The van der Waals surface area contributed by atoms with Crippen LogP contribution in [0.2, 0.25) is 0 Å². The number of rotatable bonds is 7. The summed E-state index contributed by atoms with van der Waals surface area (Å²) >= 11 is 1.31. The van der Waals surface area contributed by atoms with Gasteiger partial charge in [-0.2, -0.15) is 0 Å². The van der Waals surface area contributed by atoms with Gasteiger partial charge in [0.2, 0.25) is 0 Å². The zero-order chi connectivity index (χ0) is 13.5. The van der Waals surface area contributed by atoms with Crippen LogP contribution in [0.5, 0.6) is 0 Å². The molecule has 0 bridgehead atoms. The van der Waals surface area contributed by atoms with E-state index in [1.54, 1.807) is 13.8 Å². The first-order chi connectivity index (χ1) is 8.52. The highest BCUT2D eigenvalue weighted by Crippen LogP contribution is 2.14. The van der Waals surface area contributed by atoms with Gasteiger partial charge in [-0.1, -0.05) is 11.8 Å². The highest BCUT2D eigenvalue weighted by Gasteiger charge is 2.17. The molecule has 0 aliphatic rings. The van der Waals surface area contributed by atoms with E-state index in [1.807, 2.05) is 0 Å². The summed E-state index contributed by atoms with van der Waals surface area (Å²) in [5, 5.41) is 9.38. The molecule has 1 aromatic rings. The zero-order valence-corrected chi connectivity index (χ0v) is 11.1. The summed E-state index contributed by atoms with van der Waals surface area (Å²) in [5.74, 6) is -0.452. The first-order valence-electron chi connectivity index (χ1n) is 5.58. The lowest BCUT2D eigenvalue weighted by Crippen LogP contribution is -2.24. The van der Waals surface area contributed by atoms with Crippen LogP contribution in [0.1, 0.15) is 19.0 Å². The number of thioether (sulfide) groups is 1. The number of carboxylic acid groups (broad SMARTS) is 1.